The highest BCUT2D eigenvalue weighted by Crippen LogP contribution is 2.29. The molecular weight excluding hydrogens is 381 g/mol. The Kier molecular flexibility index (Phi) is 6.04. The Morgan fingerprint density at radius 2 is 1.70 bits per heavy atom. The Morgan fingerprint density at radius 3 is 2.37 bits per heavy atom. The lowest BCUT2D eigenvalue weighted by Crippen LogP contribution is -2.02. The smallest absolute Gasteiger partial charge is 0.337 e. The maximum absolute atomic E-state index is 11.3. The fourth-order valence-electron chi connectivity index (χ4n) is 2.95. The van der Waals surface area contributed by atoms with Gasteiger partial charge in [0.2, 0.25) is 0 Å². The summed E-state index contributed by atoms with van der Waals surface area (Å²) in [6.07, 6.45) is 0.865. The van der Waals surface area contributed by atoms with Crippen molar-refractivity contribution < 1.29 is 9.90 Å². The third kappa shape index (κ3) is 4.82. The standard InChI is InChI=1S/C22H19Cl2NO2/c1-14(16-8-11-19(23)20(24)13-16)12-15-6-9-17(10-7-15)25-21-5-3-2-4-18(21)22(26)27/h2-11,13-14,25H,12H2,1H3,(H,26,27). The van der Waals surface area contributed by atoms with Crippen molar-refractivity contribution in [2.45, 2.75) is 19.3 Å². The monoisotopic (exact) mass is 399 g/mol. The molecule has 0 bridgehead atoms. The van der Waals surface area contributed by atoms with Crippen molar-refractivity contribution in [1.82, 2.24) is 0 Å². The third-order valence-electron chi connectivity index (χ3n) is 4.44. The van der Waals surface area contributed by atoms with E-state index in [1.165, 1.54) is 5.56 Å². The Labute approximate surface area is 168 Å². The first-order valence-electron chi connectivity index (χ1n) is 8.57. The Morgan fingerprint density at radius 1 is 1.00 bits per heavy atom. The number of carbonyl (C=O) groups is 1. The molecule has 3 nitrogen and oxygen atoms in total. The van der Waals surface area contributed by atoms with Crippen LogP contribution in [-0.4, -0.2) is 11.1 Å². The first-order valence-corrected chi connectivity index (χ1v) is 9.33. The average Bonchev–Trinajstić information content (AvgIpc) is 2.65. The Bertz CT molecular complexity index is 955. The van der Waals surface area contributed by atoms with Gasteiger partial charge in [0.05, 0.1) is 21.3 Å². The molecule has 138 valence electrons. The predicted octanol–water partition coefficient (Wildman–Crippen LogP) is 6.78. The van der Waals surface area contributed by atoms with Crippen LogP contribution in [0.2, 0.25) is 10.0 Å². The maximum atomic E-state index is 11.3. The molecule has 3 rings (SSSR count). The number of carboxylic acid groups (broad SMARTS) is 1. The molecule has 2 N–H and O–H groups in total. The van der Waals surface area contributed by atoms with Gasteiger partial charge in [-0.05, 0) is 59.9 Å². The highest BCUT2D eigenvalue weighted by atomic mass is 35.5. The van der Waals surface area contributed by atoms with Crippen LogP contribution in [0.5, 0.6) is 0 Å². The molecule has 0 saturated carbocycles. The predicted molar refractivity (Wildman–Crippen MR) is 112 cm³/mol. The normalized spacial score (nSPS) is 11.8. The zero-order valence-electron chi connectivity index (χ0n) is 14.7. The van der Waals surface area contributed by atoms with Crippen molar-refractivity contribution in [3.05, 3.63) is 93.5 Å². The summed E-state index contributed by atoms with van der Waals surface area (Å²) in [5.41, 5.74) is 3.99. The highest BCUT2D eigenvalue weighted by Gasteiger charge is 2.11. The van der Waals surface area contributed by atoms with Crippen LogP contribution in [0, 0.1) is 0 Å². The van der Waals surface area contributed by atoms with E-state index < -0.39 is 5.97 Å². The van der Waals surface area contributed by atoms with E-state index in [0.717, 1.165) is 17.7 Å². The van der Waals surface area contributed by atoms with Gasteiger partial charge in [0.15, 0.2) is 0 Å². The van der Waals surface area contributed by atoms with Crippen molar-refractivity contribution in [1.29, 1.82) is 0 Å². The van der Waals surface area contributed by atoms with Crippen LogP contribution >= 0.6 is 23.2 Å². The SMILES string of the molecule is CC(Cc1ccc(Nc2ccccc2C(=O)O)cc1)c1ccc(Cl)c(Cl)c1. The van der Waals surface area contributed by atoms with Crippen molar-refractivity contribution in [3.8, 4) is 0 Å². The van der Waals surface area contributed by atoms with Gasteiger partial charge < -0.3 is 10.4 Å². The largest absolute Gasteiger partial charge is 0.478 e. The van der Waals surface area contributed by atoms with Crippen molar-refractivity contribution in [2.24, 2.45) is 0 Å². The highest BCUT2D eigenvalue weighted by molar-refractivity contribution is 6.42. The van der Waals surface area contributed by atoms with Gasteiger partial charge in [-0.3, -0.25) is 0 Å². The van der Waals surface area contributed by atoms with Crippen LogP contribution in [0.25, 0.3) is 0 Å². The van der Waals surface area contributed by atoms with E-state index in [-0.39, 0.29) is 5.56 Å². The van der Waals surface area contributed by atoms with Crippen LogP contribution in [0.4, 0.5) is 11.4 Å². The summed E-state index contributed by atoms with van der Waals surface area (Å²) in [5.74, 6) is -0.656. The van der Waals surface area contributed by atoms with Crippen molar-refractivity contribution >= 4 is 40.5 Å². The van der Waals surface area contributed by atoms with E-state index in [9.17, 15) is 9.90 Å². The van der Waals surface area contributed by atoms with Gasteiger partial charge in [-0.15, -0.1) is 0 Å². The summed E-state index contributed by atoms with van der Waals surface area (Å²) in [5, 5.41) is 13.6. The number of anilines is 2. The molecule has 0 saturated heterocycles. The maximum Gasteiger partial charge on any atom is 0.337 e. The lowest BCUT2D eigenvalue weighted by atomic mass is 9.94. The molecule has 3 aromatic rings. The van der Waals surface area contributed by atoms with E-state index in [2.05, 4.69) is 12.2 Å². The zero-order chi connectivity index (χ0) is 19.4. The molecule has 1 atom stereocenters. The topological polar surface area (TPSA) is 49.3 Å². The molecule has 0 heterocycles. The molecule has 0 aliphatic heterocycles. The molecule has 0 aromatic heterocycles. The minimum absolute atomic E-state index is 0.245. The van der Waals surface area contributed by atoms with Gasteiger partial charge in [0, 0.05) is 5.69 Å². The first kappa shape index (κ1) is 19.3. The van der Waals surface area contributed by atoms with Crippen LogP contribution in [0.1, 0.15) is 34.3 Å². The van der Waals surface area contributed by atoms with E-state index in [4.69, 9.17) is 23.2 Å². The lowest BCUT2D eigenvalue weighted by Gasteiger charge is -2.14. The molecule has 27 heavy (non-hydrogen) atoms. The molecule has 0 fully saturated rings. The first-order chi connectivity index (χ1) is 12.9. The molecule has 1 unspecified atom stereocenters. The van der Waals surface area contributed by atoms with Gasteiger partial charge >= 0.3 is 5.97 Å². The molecule has 0 amide bonds. The summed E-state index contributed by atoms with van der Waals surface area (Å²) in [4.78, 5) is 11.3. The summed E-state index contributed by atoms with van der Waals surface area (Å²) >= 11 is 12.1. The number of rotatable bonds is 6. The zero-order valence-corrected chi connectivity index (χ0v) is 16.3. The number of hydrogen-bond donors (Lipinski definition) is 2. The van der Waals surface area contributed by atoms with Crippen LogP contribution < -0.4 is 5.32 Å². The molecule has 5 heteroatoms. The van der Waals surface area contributed by atoms with E-state index >= 15 is 0 Å². The second-order valence-corrected chi connectivity index (χ2v) is 7.27. The summed E-state index contributed by atoms with van der Waals surface area (Å²) < 4.78 is 0. The van der Waals surface area contributed by atoms with Gasteiger partial charge in [0.1, 0.15) is 0 Å². The van der Waals surface area contributed by atoms with Gasteiger partial charge in [-0.25, -0.2) is 4.79 Å². The number of nitrogens with one attached hydrogen (secondary N) is 1. The summed E-state index contributed by atoms with van der Waals surface area (Å²) in [7, 11) is 0. The van der Waals surface area contributed by atoms with Crippen molar-refractivity contribution in [3.63, 3.8) is 0 Å². The lowest BCUT2D eigenvalue weighted by molar-refractivity contribution is 0.0698. The van der Waals surface area contributed by atoms with E-state index in [0.29, 0.717) is 21.7 Å². The summed E-state index contributed by atoms with van der Waals surface area (Å²) in [6, 6.07) is 20.6. The minimum atomic E-state index is -0.954. The molecule has 0 aliphatic rings. The van der Waals surface area contributed by atoms with Gasteiger partial charge in [0.25, 0.3) is 0 Å². The Hall–Kier alpha value is -2.49. The van der Waals surface area contributed by atoms with Crippen LogP contribution in [0.15, 0.2) is 66.7 Å². The number of halogens is 2. The molecule has 3 aromatic carbocycles. The number of para-hydroxylation sites is 1. The second-order valence-electron chi connectivity index (χ2n) is 6.45. The fourth-order valence-corrected chi connectivity index (χ4v) is 3.26. The molecular formula is C22H19Cl2NO2. The van der Waals surface area contributed by atoms with Crippen LogP contribution in [-0.2, 0) is 6.42 Å². The quantitative estimate of drug-likeness (QED) is 0.479. The van der Waals surface area contributed by atoms with E-state index in [1.54, 1.807) is 18.2 Å². The Balaban J connectivity index is 1.70. The summed E-state index contributed by atoms with van der Waals surface area (Å²) in [6.45, 7) is 2.15. The van der Waals surface area contributed by atoms with Crippen molar-refractivity contribution in [2.75, 3.05) is 5.32 Å². The molecule has 0 spiro atoms. The van der Waals surface area contributed by atoms with Gasteiger partial charge in [-0.2, -0.15) is 0 Å². The van der Waals surface area contributed by atoms with Gasteiger partial charge in [-0.1, -0.05) is 60.5 Å². The van der Waals surface area contributed by atoms with E-state index in [1.807, 2.05) is 48.5 Å². The minimum Gasteiger partial charge on any atom is -0.478 e. The number of aromatic carboxylic acids is 1. The number of benzene rings is 3. The average molecular weight is 400 g/mol. The number of carboxylic acids is 1. The van der Waals surface area contributed by atoms with Crippen LogP contribution in [0.3, 0.4) is 0 Å². The number of hydrogen-bond acceptors (Lipinski definition) is 2. The fraction of sp³-hybridized carbons (Fsp3) is 0.136. The third-order valence-corrected chi connectivity index (χ3v) is 5.18. The molecule has 0 radical (unpaired) electrons. The molecule has 0 aliphatic carbocycles. The second kappa shape index (κ2) is 8.47.